The van der Waals surface area contributed by atoms with Gasteiger partial charge >= 0.3 is 6.18 Å². The second-order valence-electron chi connectivity index (χ2n) is 4.58. The van der Waals surface area contributed by atoms with Crippen LogP contribution in [0.1, 0.15) is 26.3 Å². The molecule has 23 heavy (non-hydrogen) atoms. The van der Waals surface area contributed by atoms with Crippen LogP contribution in [0.2, 0.25) is 0 Å². The number of hydrogen-bond acceptors (Lipinski definition) is 4. The predicted octanol–water partition coefficient (Wildman–Crippen LogP) is 2.04. The Morgan fingerprint density at radius 3 is 2.04 bits per heavy atom. The molecule has 2 aromatic rings. The summed E-state index contributed by atoms with van der Waals surface area (Å²) in [5.74, 6) is -1.74. The fourth-order valence-corrected chi connectivity index (χ4v) is 1.81. The van der Waals surface area contributed by atoms with Gasteiger partial charge in [0.15, 0.2) is 0 Å². The maximum atomic E-state index is 12.7. The summed E-state index contributed by atoms with van der Waals surface area (Å²) in [6.45, 7) is 0. The molecule has 0 aliphatic rings. The number of carbonyl (C=O) groups is 2. The van der Waals surface area contributed by atoms with Crippen molar-refractivity contribution in [2.75, 3.05) is 5.32 Å². The molecule has 0 atom stereocenters. The molecular weight excluding hydrogens is 313 g/mol. The molecule has 0 aliphatic heterocycles. The van der Waals surface area contributed by atoms with Crippen molar-refractivity contribution in [1.82, 2.24) is 4.98 Å². The summed E-state index contributed by atoms with van der Waals surface area (Å²) in [5.41, 5.74) is 9.51. The average Bonchev–Trinajstić information content (AvgIpc) is 2.46. The molecule has 9 heteroatoms. The number of alkyl halides is 3. The van der Waals surface area contributed by atoms with Crippen LogP contribution in [0.5, 0.6) is 0 Å². The van der Waals surface area contributed by atoms with E-state index in [2.05, 4.69) is 10.3 Å². The molecule has 2 amide bonds. The van der Waals surface area contributed by atoms with Crippen LogP contribution in [0.3, 0.4) is 0 Å². The molecule has 120 valence electrons. The number of amides is 2. The highest BCUT2D eigenvalue weighted by atomic mass is 19.4. The van der Waals surface area contributed by atoms with Crippen molar-refractivity contribution in [3.8, 4) is 0 Å². The quantitative estimate of drug-likeness (QED) is 0.799. The second kappa shape index (κ2) is 5.95. The Balaban J connectivity index is 2.40. The minimum Gasteiger partial charge on any atom is -0.366 e. The fourth-order valence-electron chi connectivity index (χ4n) is 1.81. The van der Waals surface area contributed by atoms with Gasteiger partial charge in [0.1, 0.15) is 5.82 Å². The van der Waals surface area contributed by atoms with E-state index in [0.717, 1.165) is 18.3 Å². The van der Waals surface area contributed by atoms with E-state index in [1.165, 1.54) is 18.2 Å². The van der Waals surface area contributed by atoms with E-state index < -0.39 is 23.6 Å². The van der Waals surface area contributed by atoms with Gasteiger partial charge in [-0.25, -0.2) is 4.98 Å². The number of carbonyl (C=O) groups excluding carboxylic acids is 2. The Hall–Kier alpha value is -3.10. The minimum absolute atomic E-state index is 0.0178. The van der Waals surface area contributed by atoms with Gasteiger partial charge in [0, 0.05) is 23.0 Å². The molecule has 2 rings (SSSR count). The SMILES string of the molecule is NC(=O)c1cc(Nc2cc(C(F)(F)F)ccn2)cc(C(N)=O)c1. The van der Waals surface area contributed by atoms with Crippen LogP contribution in [0, 0.1) is 0 Å². The number of pyridine rings is 1. The Morgan fingerprint density at radius 1 is 1.00 bits per heavy atom. The number of nitrogens with zero attached hydrogens (tertiary/aromatic N) is 1. The van der Waals surface area contributed by atoms with Gasteiger partial charge in [0.05, 0.1) is 5.56 Å². The van der Waals surface area contributed by atoms with Gasteiger partial charge < -0.3 is 16.8 Å². The molecular formula is C14H11F3N4O2. The lowest BCUT2D eigenvalue weighted by atomic mass is 10.1. The number of nitrogens with one attached hydrogen (secondary N) is 1. The molecule has 0 saturated heterocycles. The lowest BCUT2D eigenvalue weighted by molar-refractivity contribution is -0.137. The minimum atomic E-state index is -4.52. The normalized spacial score (nSPS) is 11.1. The van der Waals surface area contributed by atoms with Gasteiger partial charge in [-0.2, -0.15) is 13.2 Å². The van der Waals surface area contributed by atoms with Crippen molar-refractivity contribution in [2.24, 2.45) is 11.5 Å². The van der Waals surface area contributed by atoms with E-state index in [9.17, 15) is 22.8 Å². The molecule has 0 radical (unpaired) electrons. The van der Waals surface area contributed by atoms with Crippen LogP contribution in [0.15, 0.2) is 36.5 Å². The highest BCUT2D eigenvalue weighted by Gasteiger charge is 2.30. The highest BCUT2D eigenvalue weighted by molar-refractivity contribution is 6.00. The summed E-state index contributed by atoms with van der Waals surface area (Å²) < 4.78 is 38.0. The molecule has 6 nitrogen and oxygen atoms in total. The molecule has 0 aliphatic carbocycles. The summed E-state index contributed by atoms with van der Waals surface area (Å²) in [4.78, 5) is 26.2. The van der Waals surface area contributed by atoms with Crippen LogP contribution in [0.25, 0.3) is 0 Å². The number of hydrogen-bond donors (Lipinski definition) is 3. The largest absolute Gasteiger partial charge is 0.416 e. The summed E-state index contributed by atoms with van der Waals surface area (Å²) in [5, 5.41) is 2.58. The van der Waals surface area contributed by atoms with Crippen molar-refractivity contribution in [3.05, 3.63) is 53.2 Å². The first-order chi connectivity index (χ1) is 10.7. The molecule has 1 aromatic heterocycles. The highest BCUT2D eigenvalue weighted by Crippen LogP contribution is 2.30. The first-order valence-corrected chi connectivity index (χ1v) is 6.22. The van der Waals surface area contributed by atoms with E-state index in [4.69, 9.17) is 11.5 Å². The lowest BCUT2D eigenvalue weighted by Gasteiger charge is -2.11. The number of primary amides is 2. The van der Waals surface area contributed by atoms with Crippen molar-refractivity contribution in [3.63, 3.8) is 0 Å². The van der Waals surface area contributed by atoms with E-state index in [1.54, 1.807) is 0 Å². The third-order valence-corrected chi connectivity index (χ3v) is 2.86. The monoisotopic (exact) mass is 324 g/mol. The average molecular weight is 324 g/mol. The summed E-state index contributed by atoms with van der Waals surface area (Å²) >= 11 is 0. The Morgan fingerprint density at radius 2 is 1.57 bits per heavy atom. The van der Waals surface area contributed by atoms with Gasteiger partial charge in [0.25, 0.3) is 0 Å². The topological polar surface area (TPSA) is 111 Å². The maximum Gasteiger partial charge on any atom is 0.416 e. The first kappa shape index (κ1) is 16.3. The molecule has 0 saturated carbocycles. The third kappa shape index (κ3) is 3.96. The lowest BCUT2D eigenvalue weighted by Crippen LogP contribution is -2.16. The summed E-state index contributed by atoms with van der Waals surface area (Å²) in [6, 6.07) is 5.35. The molecule has 1 aromatic carbocycles. The summed E-state index contributed by atoms with van der Waals surface area (Å²) in [6.07, 6.45) is -3.54. The molecule has 1 heterocycles. The standard InChI is InChI=1S/C14H11F3N4O2/c15-14(16,17)9-1-2-20-11(6-9)21-10-4-7(12(18)22)3-8(5-10)13(19)23/h1-6H,(H2,18,22)(H2,19,23)(H,20,21). The smallest absolute Gasteiger partial charge is 0.366 e. The first-order valence-electron chi connectivity index (χ1n) is 6.22. The van der Waals surface area contributed by atoms with Crippen LogP contribution in [-0.4, -0.2) is 16.8 Å². The van der Waals surface area contributed by atoms with Crippen LogP contribution in [0.4, 0.5) is 24.7 Å². The van der Waals surface area contributed by atoms with Crippen LogP contribution in [-0.2, 0) is 6.18 Å². The predicted molar refractivity (Wildman–Crippen MR) is 76.0 cm³/mol. The Bertz CT molecular complexity index is 743. The molecule has 0 fully saturated rings. The van der Waals surface area contributed by atoms with Gasteiger partial charge in [0.2, 0.25) is 11.8 Å². The van der Waals surface area contributed by atoms with E-state index in [1.807, 2.05) is 0 Å². The van der Waals surface area contributed by atoms with Crippen molar-refractivity contribution >= 4 is 23.3 Å². The van der Waals surface area contributed by atoms with Gasteiger partial charge in [-0.05, 0) is 30.3 Å². The van der Waals surface area contributed by atoms with E-state index in [-0.39, 0.29) is 22.6 Å². The van der Waals surface area contributed by atoms with Gasteiger partial charge in [-0.15, -0.1) is 0 Å². The second-order valence-corrected chi connectivity index (χ2v) is 4.58. The molecule has 0 unspecified atom stereocenters. The zero-order valence-corrected chi connectivity index (χ0v) is 11.5. The number of benzene rings is 1. The third-order valence-electron chi connectivity index (χ3n) is 2.86. The van der Waals surface area contributed by atoms with Gasteiger partial charge in [-0.1, -0.05) is 0 Å². The fraction of sp³-hybridized carbons (Fsp3) is 0.0714. The summed E-state index contributed by atoms with van der Waals surface area (Å²) in [7, 11) is 0. The number of nitrogens with two attached hydrogens (primary N) is 2. The molecule has 0 bridgehead atoms. The molecule has 5 N–H and O–H groups in total. The van der Waals surface area contributed by atoms with E-state index in [0.29, 0.717) is 0 Å². The maximum absolute atomic E-state index is 12.7. The zero-order valence-electron chi connectivity index (χ0n) is 11.5. The number of aromatic nitrogens is 1. The zero-order chi connectivity index (χ0) is 17.2. The Labute approximate surface area is 128 Å². The van der Waals surface area contributed by atoms with E-state index >= 15 is 0 Å². The van der Waals surface area contributed by atoms with Gasteiger partial charge in [-0.3, -0.25) is 9.59 Å². The number of anilines is 2. The number of rotatable bonds is 4. The van der Waals surface area contributed by atoms with Crippen molar-refractivity contribution in [2.45, 2.75) is 6.18 Å². The van der Waals surface area contributed by atoms with Crippen LogP contribution < -0.4 is 16.8 Å². The van der Waals surface area contributed by atoms with Crippen molar-refractivity contribution in [1.29, 1.82) is 0 Å². The number of halogens is 3. The van der Waals surface area contributed by atoms with Crippen LogP contribution >= 0.6 is 0 Å². The molecule has 0 spiro atoms. The van der Waals surface area contributed by atoms with Crippen molar-refractivity contribution < 1.29 is 22.8 Å². The Kier molecular flexibility index (Phi) is 4.21.